The third-order valence-corrected chi connectivity index (χ3v) is 6.62. The van der Waals surface area contributed by atoms with Crippen molar-refractivity contribution in [3.05, 3.63) is 62.5 Å². The van der Waals surface area contributed by atoms with Crippen LogP contribution in [0, 0.1) is 0 Å². The van der Waals surface area contributed by atoms with Gasteiger partial charge in [-0.3, -0.25) is 4.79 Å². The van der Waals surface area contributed by atoms with E-state index in [9.17, 15) is 9.59 Å². The lowest BCUT2D eigenvalue weighted by molar-refractivity contribution is -0.125. The summed E-state index contributed by atoms with van der Waals surface area (Å²) >= 11 is 15.6. The number of rotatable bonds is 2. The zero-order valence-corrected chi connectivity index (χ0v) is 17.7. The SMILES string of the molecule is CN1C(=O)N(c2cc(Cl)cc(Cl)c2)C(=O)[C@]12CCC[C@H]2c1ccc(Br)cc1. The van der Waals surface area contributed by atoms with E-state index in [0.29, 0.717) is 22.2 Å². The van der Waals surface area contributed by atoms with Gasteiger partial charge in [-0.2, -0.15) is 0 Å². The first-order valence-corrected chi connectivity index (χ1v) is 10.2. The molecule has 1 saturated heterocycles. The van der Waals surface area contributed by atoms with Crippen LogP contribution in [0.25, 0.3) is 0 Å². The van der Waals surface area contributed by atoms with E-state index in [4.69, 9.17) is 23.2 Å². The number of carbonyl (C=O) groups is 2. The van der Waals surface area contributed by atoms with E-state index >= 15 is 0 Å². The Labute approximate surface area is 176 Å². The summed E-state index contributed by atoms with van der Waals surface area (Å²) in [6.07, 6.45) is 2.38. The van der Waals surface area contributed by atoms with E-state index in [1.807, 2.05) is 24.3 Å². The number of urea groups is 1. The second kappa shape index (κ2) is 6.80. The standard InChI is InChI=1S/C20H17BrCl2N2O2/c1-24-19(27)25(16-10-14(22)9-15(23)11-16)18(26)20(24)8-2-3-17(20)12-4-6-13(21)7-5-12/h4-7,9-11,17H,2-3,8H2,1H3/t17-,20+/m0/s1. The summed E-state index contributed by atoms with van der Waals surface area (Å²) in [5, 5.41) is 0.773. The van der Waals surface area contributed by atoms with Gasteiger partial charge in [0.25, 0.3) is 5.91 Å². The largest absolute Gasteiger partial charge is 0.332 e. The van der Waals surface area contributed by atoms with Gasteiger partial charge in [-0.25, -0.2) is 9.69 Å². The molecule has 27 heavy (non-hydrogen) atoms. The molecule has 0 unspecified atom stereocenters. The smallest absolute Gasteiger partial charge is 0.312 e. The van der Waals surface area contributed by atoms with Crippen molar-refractivity contribution in [1.82, 2.24) is 4.90 Å². The molecule has 2 atom stereocenters. The van der Waals surface area contributed by atoms with Crippen molar-refractivity contribution < 1.29 is 9.59 Å². The summed E-state index contributed by atoms with van der Waals surface area (Å²) < 4.78 is 0.982. The summed E-state index contributed by atoms with van der Waals surface area (Å²) in [6, 6.07) is 12.4. The zero-order valence-electron chi connectivity index (χ0n) is 14.6. The van der Waals surface area contributed by atoms with Gasteiger partial charge in [0.1, 0.15) is 5.54 Å². The molecule has 1 aliphatic heterocycles. The minimum absolute atomic E-state index is 0.0493. The first kappa shape index (κ1) is 18.8. The Morgan fingerprint density at radius 1 is 1.07 bits per heavy atom. The number of halogens is 3. The highest BCUT2D eigenvalue weighted by Gasteiger charge is 2.62. The zero-order chi connectivity index (χ0) is 19.3. The molecule has 1 aliphatic carbocycles. The lowest BCUT2D eigenvalue weighted by Crippen LogP contribution is -2.49. The molecular weight excluding hydrogens is 451 g/mol. The van der Waals surface area contributed by atoms with Crippen molar-refractivity contribution in [2.45, 2.75) is 30.7 Å². The molecule has 0 radical (unpaired) electrons. The van der Waals surface area contributed by atoms with Gasteiger partial charge in [-0.05, 0) is 55.2 Å². The van der Waals surface area contributed by atoms with E-state index in [1.165, 1.54) is 4.90 Å². The molecule has 4 rings (SSSR count). The van der Waals surface area contributed by atoms with Crippen LogP contribution >= 0.6 is 39.1 Å². The maximum absolute atomic E-state index is 13.6. The topological polar surface area (TPSA) is 40.6 Å². The van der Waals surface area contributed by atoms with Crippen LogP contribution in [0.15, 0.2) is 46.9 Å². The highest BCUT2D eigenvalue weighted by molar-refractivity contribution is 9.10. The van der Waals surface area contributed by atoms with Crippen LogP contribution in [-0.4, -0.2) is 29.4 Å². The summed E-state index contributed by atoms with van der Waals surface area (Å²) in [5.41, 5.74) is 0.599. The molecule has 4 nitrogen and oxygen atoms in total. The quantitative estimate of drug-likeness (QED) is 0.519. The van der Waals surface area contributed by atoms with Gasteiger partial charge in [0.15, 0.2) is 0 Å². The van der Waals surface area contributed by atoms with Gasteiger partial charge >= 0.3 is 6.03 Å². The number of nitrogens with zero attached hydrogens (tertiary/aromatic N) is 2. The van der Waals surface area contributed by atoms with Crippen molar-refractivity contribution in [3.8, 4) is 0 Å². The van der Waals surface area contributed by atoms with Crippen LogP contribution in [0.5, 0.6) is 0 Å². The number of likely N-dealkylation sites (N-methyl/N-ethyl adjacent to an activating group) is 1. The molecule has 0 bridgehead atoms. The fourth-order valence-electron chi connectivity index (χ4n) is 4.42. The first-order valence-electron chi connectivity index (χ1n) is 8.68. The summed E-state index contributed by atoms with van der Waals surface area (Å²) in [7, 11) is 1.71. The summed E-state index contributed by atoms with van der Waals surface area (Å²) in [5.74, 6) is -0.259. The lowest BCUT2D eigenvalue weighted by Gasteiger charge is -2.34. The Balaban J connectivity index is 1.80. The van der Waals surface area contributed by atoms with Crippen LogP contribution in [0.1, 0.15) is 30.7 Å². The molecule has 1 spiro atoms. The molecule has 2 fully saturated rings. The number of amides is 3. The van der Waals surface area contributed by atoms with Crippen LogP contribution in [-0.2, 0) is 4.79 Å². The molecule has 2 aromatic carbocycles. The van der Waals surface area contributed by atoms with E-state index in [1.54, 1.807) is 30.1 Å². The summed E-state index contributed by atoms with van der Waals surface area (Å²) in [6.45, 7) is 0. The second-order valence-electron chi connectivity index (χ2n) is 7.03. The second-order valence-corrected chi connectivity index (χ2v) is 8.82. The predicted octanol–water partition coefficient (Wildman–Crippen LogP) is 5.86. The first-order chi connectivity index (χ1) is 12.8. The molecule has 7 heteroatoms. The van der Waals surface area contributed by atoms with Crippen LogP contribution in [0.3, 0.4) is 0 Å². The van der Waals surface area contributed by atoms with Crippen LogP contribution in [0.4, 0.5) is 10.5 Å². The van der Waals surface area contributed by atoms with Crippen molar-refractivity contribution in [1.29, 1.82) is 0 Å². The Morgan fingerprint density at radius 3 is 2.33 bits per heavy atom. The minimum Gasteiger partial charge on any atom is -0.312 e. The van der Waals surface area contributed by atoms with Gasteiger partial charge in [0, 0.05) is 27.5 Å². The van der Waals surface area contributed by atoms with Gasteiger partial charge in [-0.1, -0.05) is 51.3 Å². The minimum atomic E-state index is -0.875. The highest BCUT2D eigenvalue weighted by Crippen LogP contribution is 2.51. The number of anilines is 1. The van der Waals surface area contributed by atoms with Crippen molar-refractivity contribution >= 4 is 56.8 Å². The maximum Gasteiger partial charge on any atom is 0.332 e. The van der Waals surface area contributed by atoms with Gasteiger partial charge < -0.3 is 4.90 Å². The molecule has 140 valence electrons. The third kappa shape index (κ3) is 2.87. The average Bonchev–Trinajstić information content (AvgIpc) is 3.13. The number of hydrogen-bond donors (Lipinski definition) is 0. The van der Waals surface area contributed by atoms with Gasteiger partial charge in [0.05, 0.1) is 5.69 Å². The van der Waals surface area contributed by atoms with Crippen LogP contribution < -0.4 is 4.90 Å². The molecule has 1 heterocycles. The van der Waals surface area contributed by atoms with E-state index in [2.05, 4.69) is 15.9 Å². The van der Waals surface area contributed by atoms with Crippen molar-refractivity contribution in [2.24, 2.45) is 0 Å². The fourth-order valence-corrected chi connectivity index (χ4v) is 5.20. The van der Waals surface area contributed by atoms with Gasteiger partial charge in [0.2, 0.25) is 0 Å². The highest BCUT2D eigenvalue weighted by atomic mass is 79.9. The maximum atomic E-state index is 13.6. The normalized spacial score (nSPS) is 25.1. The Morgan fingerprint density at radius 2 is 1.70 bits per heavy atom. The Bertz CT molecular complexity index is 914. The number of imide groups is 1. The molecule has 2 aliphatic rings. The van der Waals surface area contributed by atoms with E-state index in [0.717, 1.165) is 22.9 Å². The number of benzene rings is 2. The Hall–Kier alpha value is -1.56. The van der Waals surface area contributed by atoms with Crippen molar-refractivity contribution in [3.63, 3.8) is 0 Å². The summed E-state index contributed by atoms with van der Waals surface area (Å²) in [4.78, 5) is 29.5. The van der Waals surface area contributed by atoms with E-state index < -0.39 is 5.54 Å². The lowest BCUT2D eigenvalue weighted by atomic mass is 9.81. The predicted molar refractivity (Wildman–Crippen MR) is 111 cm³/mol. The monoisotopic (exact) mass is 466 g/mol. The Kier molecular flexibility index (Phi) is 4.73. The number of carbonyl (C=O) groups excluding carboxylic acids is 2. The fraction of sp³-hybridized carbons (Fsp3) is 0.300. The molecule has 0 N–H and O–H groups in total. The van der Waals surface area contributed by atoms with Crippen LogP contribution in [0.2, 0.25) is 10.0 Å². The molecule has 1 saturated carbocycles. The molecule has 2 aromatic rings. The molecular formula is C20H17BrCl2N2O2. The average molecular weight is 468 g/mol. The van der Waals surface area contributed by atoms with E-state index in [-0.39, 0.29) is 17.9 Å². The molecule has 3 amide bonds. The number of hydrogen-bond acceptors (Lipinski definition) is 2. The molecule has 0 aromatic heterocycles. The third-order valence-electron chi connectivity index (χ3n) is 5.66. The van der Waals surface area contributed by atoms with Crippen molar-refractivity contribution in [2.75, 3.05) is 11.9 Å². The van der Waals surface area contributed by atoms with Gasteiger partial charge in [-0.15, -0.1) is 0 Å².